The topological polar surface area (TPSA) is 75.4 Å². The van der Waals surface area contributed by atoms with Crippen molar-refractivity contribution in [3.05, 3.63) is 30.3 Å². The van der Waals surface area contributed by atoms with E-state index in [9.17, 15) is 9.59 Å². The average molecular weight is 400 g/mol. The second-order valence-electron chi connectivity index (χ2n) is 8.33. The van der Waals surface area contributed by atoms with E-state index in [1.807, 2.05) is 30.3 Å². The van der Waals surface area contributed by atoms with Crippen molar-refractivity contribution in [3.8, 4) is 0 Å². The average Bonchev–Trinajstić information content (AvgIpc) is 2.79. The van der Waals surface area contributed by atoms with Crippen LogP contribution in [0.1, 0.15) is 44.9 Å². The maximum Gasteiger partial charge on any atom is 0.267 e. The number of para-hydroxylation sites is 1. The minimum Gasteiger partial charge on any atom is -0.370 e. The molecule has 2 N–H and O–H groups in total. The van der Waals surface area contributed by atoms with Gasteiger partial charge in [-0.2, -0.15) is 5.10 Å². The summed E-state index contributed by atoms with van der Waals surface area (Å²) in [6, 6.07) is 9.30. The fraction of sp³-hybridized carbons (Fsp3) is 0.591. The molecule has 7 heteroatoms. The molecule has 4 rings (SSSR count). The molecule has 1 aliphatic carbocycles. The molecule has 1 aromatic carbocycles. The fourth-order valence-electron chi connectivity index (χ4n) is 4.87. The summed E-state index contributed by atoms with van der Waals surface area (Å²) in [5.41, 5.74) is 1.24. The van der Waals surface area contributed by atoms with Crippen molar-refractivity contribution in [3.63, 3.8) is 0 Å². The molecule has 0 atom stereocenters. The monoisotopic (exact) mass is 399 g/mol. The van der Waals surface area contributed by atoms with Crippen molar-refractivity contribution in [2.75, 3.05) is 37.9 Å². The summed E-state index contributed by atoms with van der Waals surface area (Å²) >= 11 is 0. The van der Waals surface area contributed by atoms with Crippen molar-refractivity contribution < 1.29 is 19.2 Å². The quantitative estimate of drug-likeness (QED) is 0.773. The summed E-state index contributed by atoms with van der Waals surface area (Å²) in [5, 5.41) is 8.93. The maximum absolute atomic E-state index is 12.9. The van der Waals surface area contributed by atoms with Crippen LogP contribution in [0.2, 0.25) is 0 Å². The number of ether oxygens (including phenoxy) is 1. The van der Waals surface area contributed by atoms with Crippen LogP contribution >= 0.6 is 0 Å². The zero-order valence-corrected chi connectivity index (χ0v) is 17.0. The number of hydrogen-bond donors (Lipinski definition) is 2. The molecule has 2 heterocycles. The number of carbonyl (C=O) groups is 2. The van der Waals surface area contributed by atoms with E-state index in [1.54, 1.807) is 4.90 Å². The van der Waals surface area contributed by atoms with E-state index in [-0.39, 0.29) is 17.4 Å². The Hall–Kier alpha value is -2.25. The van der Waals surface area contributed by atoms with Crippen molar-refractivity contribution in [2.45, 2.75) is 50.5 Å². The highest BCUT2D eigenvalue weighted by Gasteiger charge is 2.43. The Labute approximate surface area is 172 Å². The summed E-state index contributed by atoms with van der Waals surface area (Å²) in [6.45, 7) is 4.28. The number of amides is 2. The molecule has 3 aliphatic rings. The van der Waals surface area contributed by atoms with Crippen LogP contribution in [0.4, 0.5) is 5.69 Å². The smallest absolute Gasteiger partial charge is 0.267 e. The molecule has 0 bridgehead atoms. The van der Waals surface area contributed by atoms with Crippen LogP contribution in [0.15, 0.2) is 35.4 Å². The first-order valence-corrected chi connectivity index (χ1v) is 10.8. The molecular formula is C22H31N4O3+. The number of morpholine rings is 1. The molecule has 1 saturated heterocycles. The van der Waals surface area contributed by atoms with E-state index in [4.69, 9.17) is 4.74 Å². The van der Waals surface area contributed by atoms with E-state index < -0.39 is 0 Å². The van der Waals surface area contributed by atoms with Gasteiger partial charge in [-0.25, -0.2) is 5.01 Å². The summed E-state index contributed by atoms with van der Waals surface area (Å²) < 4.78 is 5.56. The summed E-state index contributed by atoms with van der Waals surface area (Å²) in [4.78, 5) is 26.8. The Morgan fingerprint density at radius 1 is 1.10 bits per heavy atom. The molecule has 0 spiro atoms. The second-order valence-corrected chi connectivity index (χ2v) is 8.33. The van der Waals surface area contributed by atoms with Crippen LogP contribution in [0.5, 0.6) is 0 Å². The van der Waals surface area contributed by atoms with Crippen molar-refractivity contribution in [1.82, 2.24) is 5.32 Å². The molecule has 29 heavy (non-hydrogen) atoms. The number of quaternary nitrogens is 1. The van der Waals surface area contributed by atoms with Gasteiger partial charge in [0.05, 0.1) is 25.4 Å². The van der Waals surface area contributed by atoms with E-state index in [0.29, 0.717) is 30.8 Å². The highest BCUT2D eigenvalue weighted by molar-refractivity contribution is 6.40. The molecule has 156 valence electrons. The first-order valence-electron chi connectivity index (χ1n) is 10.8. The van der Waals surface area contributed by atoms with Gasteiger partial charge in [0.15, 0.2) is 0 Å². The summed E-state index contributed by atoms with van der Waals surface area (Å²) in [6.07, 6.45) is 6.70. The lowest BCUT2D eigenvalue weighted by atomic mass is 9.79. The van der Waals surface area contributed by atoms with Crippen LogP contribution in [-0.2, 0) is 14.3 Å². The first kappa shape index (κ1) is 20.0. The van der Waals surface area contributed by atoms with Gasteiger partial charge in [-0.3, -0.25) is 9.59 Å². The minimum atomic E-state index is -0.143. The SMILES string of the molecule is O=C(NCC1([NH+]2CCOCC2)CCCCC1)C1=NN(c2ccccc2)C(=O)CC1. The lowest BCUT2D eigenvalue weighted by Crippen LogP contribution is -3.23. The van der Waals surface area contributed by atoms with Crippen LogP contribution < -0.4 is 15.2 Å². The standard InChI is InChI=1S/C22H30N4O3/c27-20-10-9-19(24-26(20)18-7-3-1-4-8-18)21(28)23-17-22(11-5-2-6-12-22)25-13-15-29-16-14-25/h1,3-4,7-8H,2,5-6,9-17H2,(H,23,28)/p+1. The molecule has 2 fully saturated rings. The van der Waals surface area contributed by atoms with Gasteiger partial charge >= 0.3 is 0 Å². The van der Waals surface area contributed by atoms with Crippen LogP contribution in [-0.4, -0.2) is 55.9 Å². The predicted molar refractivity (Wildman–Crippen MR) is 111 cm³/mol. The number of nitrogens with one attached hydrogen (secondary N) is 2. The highest BCUT2D eigenvalue weighted by Crippen LogP contribution is 2.26. The third-order valence-corrected chi connectivity index (χ3v) is 6.54. The second kappa shape index (κ2) is 9.05. The van der Waals surface area contributed by atoms with E-state index in [1.165, 1.54) is 24.3 Å². The number of rotatable bonds is 5. The summed E-state index contributed by atoms with van der Waals surface area (Å²) in [5.74, 6) is -0.217. The number of nitrogens with zero attached hydrogens (tertiary/aromatic N) is 2. The molecule has 7 nitrogen and oxygen atoms in total. The molecular weight excluding hydrogens is 368 g/mol. The largest absolute Gasteiger partial charge is 0.370 e. The third-order valence-electron chi connectivity index (χ3n) is 6.54. The van der Waals surface area contributed by atoms with Crippen molar-refractivity contribution in [2.24, 2.45) is 5.10 Å². The van der Waals surface area contributed by atoms with Crippen LogP contribution in [0.25, 0.3) is 0 Å². The van der Waals surface area contributed by atoms with Gasteiger partial charge in [0, 0.05) is 25.7 Å². The number of anilines is 1. The highest BCUT2D eigenvalue weighted by atomic mass is 16.5. The van der Waals surface area contributed by atoms with Gasteiger partial charge in [-0.15, -0.1) is 0 Å². The van der Waals surface area contributed by atoms with Gasteiger partial charge in [0.25, 0.3) is 5.91 Å². The Kier molecular flexibility index (Phi) is 6.25. The number of benzene rings is 1. The van der Waals surface area contributed by atoms with Gasteiger partial charge in [-0.1, -0.05) is 24.6 Å². The minimum absolute atomic E-state index is 0.0748. The van der Waals surface area contributed by atoms with Crippen molar-refractivity contribution >= 4 is 23.2 Å². The Balaban J connectivity index is 1.45. The Bertz CT molecular complexity index is 753. The summed E-state index contributed by atoms with van der Waals surface area (Å²) in [7, 11) is 0. The fourth-order valence-corrected chi connectivity index (χ4v) is 4.87. The third kappa shape index (κ3) is 4.51. The number of hydrazone groups is 1. The van der Waals surface area contributed by atoms with Gasteiger partial charge in [0.2, 0.25) is 5.91 Å². The van der Waals surface area contributed by atoms with Gasteiger partial charge in [-0.05, 0) is 25.0 Å². The number of carbonyl (C=O) groups excluding carboxylic acids is 2. The molecule has 0 radical (unpaired) electrons. The van der Waals surface area contributed by atoms with Crippen LogP contribution in [0, 0.1) is 0 Å². The molecule has 1 saturated carbocycles. The van der Waals surface area contributed by atoms with Gasteiger partial charge in [0.1, 0.15) is 24.3 Å². The molecule has 0 unspecified atom stereocenters. The van der Waals surface area contributed by atoms with Crippen molar-refractivity contribution in [1.29, 1.82) is 0 Å². The first-order chi connectivity index (χ1) is 14.2. The van der Waals surface area contributed by atoms with Gasteiger partial charge < -0.3 is 15.0 Å². The van der Waals surface area contributed by atoms with E-state index in [2.05, 4.69) is 10.4 Å². The zero-order valence-electron chi connectivity index (χ0n) is 17.0. The normalized spacial score (nSPS) is 22.8. The molecule has 0 aromatic heterocycles. The molecule has 2 aliphatic heterocycles. The Morgan fingerprint density at radius 2 is 1.83 bits per heavy atom. The Morgan fingerprint density at radius 3 is 2.55 bits per heavy atom. The predicted octanol–water partition coefficient (Wildman–Crippen LogP) is 0.904. The lowest BCUT2D eigenvalue weighted by molar-refractivity contribution is -0.960. The van der Waals surface area contributed by atoms with E-state index in [0.717, 1.165) is 39.1 Å². The lowest BCUT2D eigenvalue weighted by Gasteiger charge is -2.45. The number of hydrogen-bond acceptors (Lipinski definition) is 4. The van der Waals surface area contributed by atoms with E-state index >= 15 is 0 Å². The molecule has 2 amide bonds. The van der Waals surface area contributed by atoms with Crippen LogP contribution in [0.3, 0.4) is 0 Å². The zero-order chi connectivity index (χ0) is 20.1. The maximum atomic E-state index is 12.9. The molecule has 1 aromatic rings.